The van der Waals surface area contributed by atoms with Crippen molar-refractivity contribution < 1.29 is 9.53 Å². The van der Waals surface area contributed by atoms with Crippen molar-refractivity contribution in [2.45, 2.75) is 50.4 Å². The van der Waals surface area contributed by atoms with Crippen LogP contribution in [0, 0.1) is 17.3 Å². The first-order valence-corrected chi connectivity index (χ1v) is 10.4. The number of benzene rings is 2. The molecule has 4 bridgehead atoms. The van der Waals surface area contributed by atoms with Gasteiger partial charge in [-0.15, -0.1) is 0 Å². The van der Waals surface area contributed by atoms with Crippen molar-refractivity contribution in [3.63, 3.8) is 0 Å². The molecule has 0 amide bonds. The molecule has 2 nitrogen and oxygen atoms in total. The zero-order valence-electron chi connectivity index (χ0n) is 15.9. The SMILES string of the molecule is O=C(OCCc1ccccc1)C12CC3CC(C1)CC(c1ccccc1)(C3)C2. The smallest absolute Gasteiger partial charge is 0.312 e. The van der Waals surface area contributed by atoms with Gasteiger partial charge in [0, 0.05) is 6.42 Å². The van der Waals surface area contributed by atoms with Crippen molar-refractivity contribution in [3.8, 4) is 0 Å². The lowest BCUT2D eigenvalue weighted by atomic mass is 9.43. The third-order valence-corrected chi connectivity index (χ3v) is 7.35. The Labute approximate surface area is 161 Å². The largest absolute Gasteiger partial charge is 0.465 e. The summed E-state index contributed by atoms with van der Waals surface area (Å²) < 4.78 is 5.87. The standard InChI is InChI=1S/C25H28O2/c26-23(27-12-11-19-7-3-1-4-8-19)25-16-20-13-21(17-25)15-24(14-20,18-25)22-9-5-2-6-10-22/h1-10,20-21H,11-18H2. The van der Waals surface area contributed by atoms with Crippen LogP contribution >= 0.6 is 0 Å². The Morgan fingerprint density at radius 2 is 1.52 bits per heavy atom. The van der Waals surface area contributed by atoms with E-state index in [4.69, 9.17) is 4.74 Å². The quantitative estimate of drug-likeness (QED) is 0.675. The summed E-state index contributed by atoms with van der Waals surface area (Å²) >= 11 is 0. The molecule has 2 aromatic carbocycles. The number of rotatable bonds is 5. The summed E-state index contributed by atoms with van der Waals surface area (Å²) in [6.07, 6.45) is 7.71. The molecule has 0 aliphatic heterocycles. The second kappa shape index (κ2) is 6.51. The van der Waals surface area contributed by atoms with Gasteiger partial charge in [-0.3, -0.25) is 4.79 Å². The molecule has 2 aromatic rings. The fourth-order valence-electron chi connectivity index (χ4n) is 6.69. The molecule has 0 aromatic heterocycles. The first-order valence-electron chi connectivity index (χ1n) is 10.4. The van der Waals surface area contributed by atoms with Gasteiger partial charge in [-0.2, -0.15) is 0 Å². The average Bonchev–Trinajstić information content (AvgIpc) is 2.68. The third kappa shape index (κ3) is 2.99. The van der Waals surface area contributed by atoms with Gasteiger partial charge in [0.2, 0.25) is 0 Å². The normalized spacial score (nSPS) is 33.8. The van der Waals surface area contributed by atoms with Crippen LogP contribution < -0.4 is 0 Å². The second-order valence-electron chi connectivity index (χ2n) is 9.26. The molecular weight excluding hydrogens is 332 g/mol. The van der Waals surface area contributed by atoms with E-state index in [1.807, 2.05) is 18.2 Å². The molecule has 0 spiro atoms. The van der Waals surface area contributed by atoms with Gasteiger partial charge in [0.25, 0.3) is 0 Å². The van der Waals surface area contributed by atoms with Crippen LogP contribution in [0.25, 0.3) is 0 Å². The van der Waals surface area contributed by atoms with Crippen molar-refractivity contribution in [1.82, 2.24) is 0 Å². The number of ether oxygens (including phenoxy) is 1. The van der Waals surface area contributed by atoms with Crippen molar-refractivity contribution in [2.75, 3.05) is 6.61 Å². The summed E-state index contributed by atoms with van der Waals surface area (Å²) in [5.74, 6) is 1.45. The minimum Gasteiger partial charge on any atom is -0.465 e. The van der Waals surface area contributed by atoms with Gasteiger partial charge in [0.15, 0.2) is 0 Å². The van der Waals surface area contributed by atoms with Crippen LogP contribution in [0.2, 0.25) is 0 Å². The molecule has 0 saturated heterocycles. The van der Waals surface area contributed by atoms with E-state index in [0.717, 1.165) is 25.7 Å². The first-order chi connectivity index (χ1) is 13.2. The van der Waals surface area contributed by atoms with E-state index < -0.39 is 0 Å². The molecule has 0 heterocycles. The molecule has 2 unspecified atom stereocenters. The van der Waals surface area contributed by atoms with Gasteiger partial charge >= 0.3 is 5.97 Å². The highest BCUT2D eigenvalue weighted by Crippen LogP contribution is 2.66. The van der Waals surface area contributed by atoms with E-state index in [1.165, 1.54) is 30.4 Å². The van der Waals surface area contributed by atoms with E-state index in [0.29, 0.717) is 18.4 Å². The molecule has 140 valence electrons. The summed E-state index contributed by atoms with van der Waals surface area (Å²) in [4.78, 5) is 13.2. The molecule has 0 N–H and O–H groups in total. The van der Waals surface area contributed by atoms with Crippen LogP contribution in [0.1, 0.15) is 49.7 Å². The molecule has 6 rings (SSSR count). The first kappa shape index (κ1) is 17.0. The van der Waals surface area contributed by atoms with Gasteiger partial charge in [-0.1, -0.05) is 60.7 Å². The van der Waals surface area contributed by atoms with E-state index in [-0.39, 0.29) is 16.8 Å². The Balaban J connectivity index is 1.34. The van der Waals surface area contributed by atoms with Crippen LogP contribution in [0.5, 0.6) is 0 Å². The van der Waals surface area contributed by atoms with Crippen LogP contribution in [0.15, 0.2) is 60.7 Å². The Kier molecular flexibility index (Phi) is 4.11. The average molecular weight is 360 g/mol. The van der Waals surface area contributed by atoms with Gasteiger partial charge in [-0.25, -0.2) is 0 Å². The van der Waals surface area contributed by atoms with E-state index in [1.54, 1.807) is 0 Å². The summed E-state index contributed by atoms with van der Waals surface area (Å²) in [5.41, 5.74) is 2.64. The fourth-order valence-corrected chi connectivity index (χ4v) is 6.69. The van der Waals surface area contributed by atoms with Crippen molar-refractivity contribution >= 4 is 5.97 Å². The minimum atomic E-state index is -0.239. The molecule has 4 saturated carbocycles. The number of hydrogen-bond acceptors (Lipinski definition) is 2. The molecule has 0 radical (unpaired) electrons. The van der Waals surface area contributed by atoms with Crippen LogP contribution in [-0.2, 0) is 21.4 Å². The van der Waals surface area contributed by atoms with Gasteiger partial charge in [0.05, 0.1) is 12.0 Å². The second-order valence-corrected chi connectivity index (χ2v) is 9.26. The number of carbonyl (C=O) groups excluding carboxylic acids is 1. The van der Waals surface area contributed by atoms with Gasteiger partial charge < -0.3 is 4.74 Å². The van der Waals surface area contributed by atoms with E-state index in [2.05, 4.69) is 42.5 Å². The lowest BCUT2D eigenvalue weighted by Crippen LogP contribution is -2.57. The predicted octanol–water partition coefficient (Wildman–Crippen LogP) is 5.31. The van der Waals surface area contributed by atoms with Gasteiger partial charge in [-0.05, 0) is 66.9 Å². The van der Waals surface area contributed by atoms with E-state index in [9.17, 15) is 4.79 Å². The van der Waals surface area contributed by atoms with Crippen LogP contribution in [0.4, 0.5) is 0 Å². The predicted molar refractivity (Wildman–Crippen MR) is 106 cm³/mol. The Morgan fingerprint density at radius 1 is 0.889 bits per heavy atom. The third-order valence-electron chi connectivity index (χ3n) is 7.35. The number of esters is 1. The topological polar surface area (TPSA) is 26.3 Å². The van der Waals surface area contributed by atoms with Crippen molar-refractivity contribution in [3.05, 3.63) is 71.8 Å². The fraction of sp³-hybridized carbons (Fsp3) is 0.480. The molecule has 2 atom stereocenters. The lowest BCUT2D eigenvalue weighted by molar-refractivity contribution is -0.174. The van der Waals surface area contributed by atoms with Gasteiger partial charge in [0.1, 0.15) is 0 Å². The highest BCUT2D eigenvalue weighted by molar-refractivity contribution is 5.78. The van der Waals surface area contributed by atoms with E-state index >= 15 is 0 Å². The van der Waals surface area contributed by atoms with Crippen molar-refractivity contribution in [1.29, 1.82) is 0 Å². The summed E-state index contributed by atoms with van der Waals surface area (Å²) in [6.45, 7) is 0.498. The molecule has 2 heteroatoms. The molecular formula is C25H28O2. The molecule has 4 aliphatic carbocycles. The lowest BCUT2D eigenvalue weighted by Gasteiger charge is -2.61. The number of hydrogen-bond donors (Lipinski definition) is 0. The monoisotopic (exact) mass is 360 g/mol. The molecule has 4 aliphatic rings. The van der Waals surface area contributed by atoms with Crippen LogP contribution in [0.3, 0.4) is 0 Å². The van der Waals surface area contributed by atoms with Crippen LogP contribution in [-0.4, -0.2) is 12.6 Å². The highest BCUT2D eigenvalue weighted by atomic mass is 16.5. The summed E-state index contributed by atoms with van der Waals surface area (Å²) in [7, 11) is 0. The maximum Gasteiger partial charge on any atom is 0.312 e. The summed E-state index contributed by atoms with van der Waals surface area (Å²) in [6, 6.07) is 21.3. The Morgan fingerprint density at radius 3 is 2.19 bits per heavy atom. The zero-order chi connectivity index (χ0) is 18.3. The summed E-state index contributed by atoms with van der Waals surface area (Å²) in [5, 5.41) is 0. The highest BCUT2D eigenvalue weighted by Gasteiger charge is 2.61. The number of carbonyl (C=O) groups is 1. The molecule has 27 heavy (non-hydrogen) atoms. The Hall–Kier alpha value is -2.09. The zero-order valence-corrected chi connectivity index (χ0v) is 15.9. The maximum absolute atomic E-state index is 13.2. The minimum absolute atomic E-state index is 0.0767. The molecule has 4 fully saturated rings. The Bertz CT molecular complexity index is 797. The maximum atomic E-state index is 13.2. The van der Waals surface area contributed by atoms with Crippen molar-refractivity contribution in [2.24, 2.45) is 17.3 Å².